The number of para-hydroxylation sites is 1. The molecule has 0 bridgehead atoms. The van der Waals surface area contributed by atoms with E-state index in [1.54, 1.807) is 0 Å². The van der Waals surface area contributed by atoms with E-state index in [0.29, 0.717) is 0 Å². The highest BCUT2D eigenvalue weighted by Crippen LogP contribution is 2.22. The molecular formula is C13H22N2. The van der Waals surface area contributed by atoms with Gasteiger partial charge in [0.15, 0.2) is 0 Å². The lowest BCUT2D eigenvalue weighted by Gasteiger charge is -2.27. The fourth-order valence-corrected chi connectivity index (χ4v) is 1.66. The Hall–Kier alpha value is -1.02. The van der Waals surface area contributed by atoms with E-state index >= 15 is 0 Å². The van der Waals surface area contributed by atoms with Gasteiger partial charge in [-0.25, -0.2) is 0 Å². The highest BCUT2D eigenvalue weighted by molar-refractivity contribution is 5.52. The fourth-order valence-electron chi connectivity index (χ4n) is 1.66. The first-order valence-corrected chi connectivity index (χ1v) is 5.40. The molecule has 1 N–H and O–H groups in total. The van der Waals surface area contributed by atoms with Crippen LogP contribution in [0.25, 0.3) is 0 Å². The predicted molar refractivity (Wildman–Crippen MR) is 67.6 cm³/mol. The van der Waals surface area contributed by atoms with Crippen molar-refractivity contribution in [3.05, 3.63) is 29.8 Å². The third-order valence-corrected chi connectivity index (χ3v) is 2.78. The third kappa shape index (κ3) is 3.24. The van der Waals surface area contributed by atoms with Crippen molar-refractivity contribution in [1.29, 1.82) is 0 Å². The lowest BCUT2D eigenvalue weighted by atomic mass is 9.94. The smallest absolute Gasteiger partial charge is 0.0394 e. The van der Waals surface area contributed by atoms with Crippen LogP contribution in [0.5, 0.6) is 0 Å². The molecule has 0 aliphatic carbocycles. The minimum atomic E-state index is 0.145. The van der Waals surface area contributed by atoms with Gasteiger partial charge in [-0.05, 0) is 38.9 Å². The molecule has 0 aliphatic heterocycles. The van der Waals surface area contributed by atoms with E-state index in [1.165, 1.54) is 11.3 Å². The summed E-state index contributed by atoms with van der Waals surface area (Å²) in [5.74, 6) is 0. The fraction of sp³-hybridized carbons (Fsp3) is 0.538. The van der Waals surface area contributed by atoms with Gasteiger partial charge in [0.1, 0.15) is 0 Å². The van der Waals surface area contributed by atoms with Crippen LogP contribution >= 0.6 is 0 Å². The number of nitrogens with one attached hydrogen (secondary N) is 1. The molecule has 84 valence electrons. The molecule has 0 amide bonds. The van der Waals surface area contributed by atoms with E-state index in [0.717, 1.165) is 6.42 Å². The minimum Gasteiger partial charge on any atom is -0.377 e. The van der Waals surface area contributed by atoms with Crippen molar-refractivity contribution in [2.24, 2.45) is 0 Å². The Labute approximate surface area is 93.3 Å². The predicted octanol–water partition coefficient (Wildman–Crippen LogP) is 2.29. The van der Waals surface area contributed by atoms with E-state index in [4.69, 9.17) is 0 Å². The van der Waals surface area contributed by atoms with Crippen LogP contribution in [0.3, 0.4) is 0 Å². The number of nitrogens with zero attached hydrogens (tertiary/aromatic N) is 1. The first-order chi connectivity index (χ1) is 6.96. The molecule has 0 saturated carbocycles. The molecule has 1 rings (SSSR count). The summed E-state index contributed by atoms with van der Waals surface area (Å²) in [5.41, 5.74) is 2.84. The lowest BCUT2D eigenvalue weighted by molar-refractivity contribution is 0.422. The molecular weight excluding hydrogens is 184 g/mol. The van der Waals surface area contributed by atoms with Crippen LogP contribution in [0.15, 0.2) is 24.3 Å². The van der Waals surface area contributed by atoms with Crippen LogP contribution in [0, 0.1) is 0 Å². The van der Waals surface area contributed by atoms with E-state index in [1.807, 2.05) is 7.05 Å². The summed E-state index contributed by atoms with van der Waals surface area (Å²) in [4.78, 5) is 2.17. The second kappa shape index (κ2) is 4.67. The monoisotopic (exact) mass is 206 g/mol. The summed E-state index contributed by atoms with van der Waals surface area (Å²) in [6, 6.07) is 8.56. The second-order valence-electron chi connectivity index (χ2n) is 4.83. The van der Waals surface area contributed by atoms with Gasteiger partial charge >= 0.3 is 0 Å². The van der Waals surface area contributed by atoms with Crippen LogP contribution < -0.4 is 10.2 Å². The molecule has 0 fully saturated rings. The van der Waals surface area contributed by atoms with Crippen molar-refractivity contribution in [2.45, 2.75) is 25.8 Å². The molecule has 2 nitrogen and oxygen atoms in total. The summed E-state index contributed by atoms with van der Waals surface area (Å²) < 4.78 is 0. The van der Waals surface area contributed by atoms with Gasteiger partial charge in [-0.15, -0.1) is 0 Å². The van der Waals surface area contributed by atoms with Gasteiger partial charge < -0.3 is 10.2 Å². The van der Waals surface area contributed by atoms with Gasteiger partial charge in [-0.3, -0.25) is 0 Å². The molecule has 0 unspecified atom stereocenters. The third-order valence-electron chi connectivity index (χ3n) is 2.78. The number of anilines is 1. The first kappa shape index (κ1) is 12.1. The number of likely N-dealkylation sites (N-methyl/N-ethyl adjacent to an activating group) is 1. The zero-order valence-electron chi connectivity index (χ0n) is 10.5. The summed E-state index contributed by atoms with van der Waals surface area (Å²) in [6.45, 7) is 4.44. The van der Waals surface area contributed by atoms with Crippen molar-refractivity contribution >= 4 is 5.69 Å². The molecule has 0 aliphatic rings. The van der Waals surface area contributed by atoms with Crippen molar-refractivity contribution in [2.75, 3.05) is 26.0 Å². The molecule has 0 atom stereocenters. The molecule has 1 aromatic rings. The Bertz CT molecular complexity index is 316. The van der Waals surface area contributed by atoms with Crippen LogP contribution in [0.4, 0.5) is 5.69 Å². The van der Waals surface area contributed by atoms with Crippen molar-refractivity contribution in [1.82, 2.24) is 5.32 Å². The first-order valence-electron chi connectivity index (χ1n) is 5.40. The van der Waals surface area contributed by atoms with Gasteiger partial charge in [0.2, 0.25) is 0 Å². The lowest BCUT2D eigenvalue weighted by Crippen LogP contribution is -2.38. The van der Waals surface area contributed by atoms with E-state index in [2.05, 4.69) is 62.4 Å². The van der Waals surface area contributed by atoms with Gasteiger partial charge in [-0.2, -0.15) is 0 Å². The Balaban J connectivity index is 2.94. The largest absolute Gasteiger partial charge is 0.377 e. The molecule has 0 aromatic heterocycles. The maximum atomic E-state index is 3.34. The molecule has 1 aromatic carbocycles. The highest BCUT2D eigenvalue weighted by atomic mass is 15.1. The van der Waals surface area contributed by atoms with Crippen LogP contribution in [-0.4, -0.2) is 26.7 Å². The second-order valence-corrected chi connectivity index (χ2v) is 4.83. The minimum absolute atomic E-state index is 0.145. The Kier molecular flexibility index (Phi) is 3.75. The van der Waals surface area contributed by atoms with E-state index in [9.17, 15) is 0 Å². The molecule has 0 spiro atoms. The topological polar surface area (TPSA) is 15.3 Å². The molecule has 2 heteroatoms. The van der Waals surface area contributed by atoms with Crippen LogP contribution in [-0.2, 0) is 6.42 Å². The summed E-state index contributed by atoms with van der Waals surface area (Å²) in [7, 11) is 6.19. The Morgan fingerprint density at radius 1 is 1.20 bits per heavy atom. The normalized spacial score (nSPS) is 11.5. The molecule has 0 radical (unpaired) electrons. The SMILES string of the molecule is CNC(C)(C)Cc1ccccc1N(C)C. The summed E-state index contributed by atoms with van der Waals surface area (Å²) in [6.07, 6.45) is 1.04. The number of hydrogen-bond donors (Lipinski definition) is 1. The highest BCUT2D eigenvalue weighted by Gasteiger charge is 2.17. The number of hydrogen-bond acceptors (Lipinski definition) is 2. The number of rotatable bonds is 4. The molecule has 0 heterocycles. The Morgan fingerprint density at radius 3 is 2.33 bits per heavy atom. The van der Waals surface area contributed by atoms with Crippen molar-refractivity contribution in [3.63, 3.8) is 0 Å². The maximum Gasteiger partial charge on any atom is 0.0394 e. The Morgan fingerprint density at radius 2 is 1.80 bits per heavy atom. The van der Waals surface area contributed by atoms with Gasteiger partial charge in [0.05, 0.1) is 0 Å². The summed E-state index contributed by atoms with van der Waals surface area (Å²) in [5, 5.41) is 3.34. The van der Waals surface area contributed by atoms with Gasteiger partial charge in [-0.1, -0.05) is 18.2 Å². The van der Waals surface area contributed by atoms with Crippen molar-refractivity contribution in [3.8, 4) is 0 Å². The van der Waals surface area contributed by atoms with E-state index < -0.39 is 0 Å². The quantitative estimate of drug-likeness (QED) is 0.813. The van der Waals surface area contributed by atoms with Crippen LogP contribution in [0.2, 0.25) is 0 Å². The molecule has 0 saturated heterocycles. The average molecular weight is 206 g/mol. The average Bonchev–Trinajstić information content (AvgIpc) is 2.18. The van der Waals surface area contributed by atoms with Gasteiger partial charge in [0.25, 0.3) is 0 Å². The maximum absolute atomic E-state index is 3.34. The van der Waals surface area contributed by atoms with Crippen LogP contribution in [0.1, 0.15) is 19.4 Å². The zero-order valence-corrected chi connectivity index (χ0v) is 10.5. The summed E-state index contributed by atoms with van der Waals surface area (Å²) >= 11 is 0. The van der Waals surface area contributed by atoms with Gasteiger partial charge in [0, 0.05) is 25.3 Å². The number of benzene rings is 1. The van der Waals surface area contributed by atoms with Crippen molar-refractivity contribution < 1.29 is 0 Å². The zero-order chi connectivity index (χ0) is 11.5. The molecule has 15 heavy (non-hydrogen) atoms. The standard InChI is InChI=1S/C13H22N2/c1-13(2,14-3)10-11-8-6-7-9-12(11)15(4)5/h6-9,14H,10H2,1-5H3. The van der Waals surface area contributed by atoms with E-state index in [-0.39, 0.29) is 5.54 Å².